The van der Waals surface area contributed by atoms with Crippen LogP contribution in [0, 0.1) is 0 Å². The second-order valence-corrected chi connectivity index (χ2v) is 6.37. The summed E-state index contributed by atoms with van der Waals surface area (Å²) in [5.41, 5.74) is 0.903. The van der Waals surface area contributed by atoms with Crippen LogP contribution in [0.4, 0.5) is 0 Å². The van der Waals surface area contributed by atoms with E-state index in [1.807, 2.05) is 30.3 Å². The van der Waals surface area contributed by atoms with E-state index >= 15 is 0 Å². The fourth-order valence-electron chi connectivity index (χ4n) is 1.58. The molecule has 0 saturated carbocycles. The number of hydrogen-bond donors (Lipinski definition) is 1. The molecule has 0 unspecified atom stereocenters. The molecule has 0 aromatic heterocycles. The smallest absolute Gasteiger partial charge is 0.214 e. The molecule has 0 saturated heterocycles. The normalized spacial score (nSPS) is 11.9. The van der Waals surface area contributed by atoms with Crippen molar-refractivity contribution in [3.05, 3.63) is 35.9 Å². The molecule has 1 N–H and O–H groups in total. The molecule has 6 heteroatoms. The zero-order chi connectivity index (χ0) is 13.4. The lowest BCUT2D eigenvalue weighted by atomic mass is 10.2. The molecular formula is C12H18ClNO3S. The average Bonchev–Trinajstić information content (AvgIpc) is 2.37. The van der Waals surface area contributed by atoms with Gasteiger partial charge in [0.1, 0.15) is 0 Å². The highest BCUT2D eigenvalue weighted by Crippen LogP contribution is 2.10. The summed E-state index contributed by atoms with van der Waals surface area (Å²) in [4.78, 5) is 0. The van der Waals surface area contributed by atoms with Crippen LogP contribution in [0.5, 0.6) is 0 Å². The minimum absolute atomic E-state index is 0.0172. The number of benzene rings is 1. The van der Waals surface area contributed by atoms with Crippen LogP contribution in [0.2, 0.25) is 0 Å². The summed E-state index contributed by atoms with van der Waals surface area (Å²) in [6, 6.07) is 9.32. The summed E-state index contributed by atoms with van der Waals surface area (Å²) < 4.78 is 25.4. The Morgan fingerprint density at radius 2 is 1.89 bits per heavy atom. The first-order valence-electron chi connectivity index (χ1n) is 5.78. The molecule has 0 fully saturated rings. The molecule has 0 amide bonds. The van der Waals surface area contributed by atoms with Crippen molar-refractivity contribution in [1.82, 2.24) is 4.31 Å². The molecular weight excluding hydrogens is 274 g/mol. The quantitative estimate of drug-likeness (QED) is 0.738. The maximum absolute atomic E-state index is 12.0. The molecule has 0 heterocycles. The average molecular weight is 292 g/mol. The predicted molar refractivity (Wildman–Crippen MR) is 73.1 cm³/mol. The maximum atomic E-state index is 12.0. The lowest BCUT2D eigenvalue weighted by molar-refractivity contribution is 0.251. The zero-order valence-electron chi connectivity index (χ0n) is 10.1. The van der Waals surface area contributed by atoms with Gasteiger partial charge in [0, 0.05) is 19.0 Å². The van der Waals surface area contributed by atoms with Crippen molar-refractivity contribution in [1.29, 1.82) is 0 Å². The van der Waals surface area contributed by atoms with Crippen molar-refractivity contribution in [2.75, 3.05) is 24.8 Å². The van der Waals surface area contributed by atoms with E-state index in [1.165, 1.54) is 4.31 Å². The van der Waals surface area contributed by atoms with Gasteiger partial charge in [-0.15, -0.1) is 11.6 Å². The van der Waals surface area contributed by atoms with E-state index < -0.39 is 10.0 Å². The molecule has 0 aliphatic heterocycles. The van der Waals surface area contributed by atoms with Crippen molar-refractivity contribution in [3.63, 3.8) is 0 Å². The molecule has 0 bridgehead atoms. The molecule has 1 aromatic carbocycles. The Morgan fingerprint density at radius 3 is 2.44 bits per heavy atom. The fraction of sp³-hybridized carbons (Fsp3) is 0.500. The van der Waals surface area contributed by atoms with Crippen molar-refractivity contribution in [2.45, 2.75) is 13.0 Å². The van der Waals surface area contributed by atoms with Gasteiger partial charge in [0.05, 0.1) is 12.4 Å². The van der Waals surface area contributed by atoms with Crippen LogP contribution in [0.15, 0.2) is 30.3 Å². The van der Waals surface area contributed by atoms with Gasteiger partial charge in [-0.2, -0.15) is 4.31 Å². The van der Waals surface area contributed by atoms with E-state index in [0.29, 0.717) is 12.3 Å². The van der Waals surface area contributed by atoms with Crippen molar-refractivity contribution >= 4 is 21.6 Å². The Balaban J connectivity index is 2.76. The molecule has 4 nitrogen and oxygen atoms in total. The Kier molecular flexibility index (Phi) is 6.63. The number of hydrogen-bond acceptors (Lipinski definition) is 3. The van der Waals surface area contributed by atoms with Gasteiger partial charge in [-0.3, -0.25) is 0 Å². The van der Waals surface area contributed by atoms with Crippen molar-refractivity contribution in [2.24, 2.45) is 0 Å². The zero-order valence-corrected chi connectivity index (χ0v) is 11.7. The topological polar surface area (TPSA) is 57.6 Å². The standard InChI is InChI=1S/C12H18ClNO3S/c13-7-4-10-18(16,17)14(8-9-15)11-12-5-2-1-3-6-12/h1-3,5-6,15H,4,7-11H2. The second kappa shape index (κ2) is 7.74. The van der Waals surface area contributed by atoms with Crippen LogP contribution in [0.3, 0.4) is 0 Å². The van der Waals surface area contributed by atoms with E-state index in [0.717, 1.165) is 5.56 Å². The minimum Gasteiger partial charge on any atom is -0.395 e. The van der Waals surface area contributed by atoms with Gasteiger partial charge in [-0.25, -0.2) is 8.42 Å². The van der Waals surface area contributed by atoms with E-state index in [1.54, 1.807) is 0 Å². The summed E-state index contributed by atoms with van der Waals surface area (Å²) in [6.45, 7) is 0.207. The van der Waals surface area contributed by atoms with Gasteiger partial charge in [0.25, 0.3) is 0 Å². The molecule has 102 valence electrons. The van der Waals surface area contributed by atoms with Crippen molar-refractivity contribution in [3.8, 4) is 0 Å². The third-order valence-electron chi connectivity index (χ3n) is 2.48. The highest BCUT2D eigenvalue weighted by Gasteiger charge is 2.21. The van der Waals surface area contributed by atoms with Gasteiger partial charge in [-0.05, 0) is 12.0 Å². The number of aliphatic hydroxyl groups excluding tert-OH is 1. The first kappa shape index (κ1) is 15.4. The van der Waals surface area contributed by atoms with Crippen LogP contribution in [0.25, 0.3) is 0 Å². The first-order chi connectivity index (χ1) is 8.60. The lowest BCUT2D eigenvalue weighted by Gasteiger charge is -2.21. The molecule has 0 atom stereocenters. The highest BCUT2D eigenvalue weighted by molar-refractivity contribution is 7.89. The number of sulfonamides is 1. The summed E-state index contributed by atoms with van der Waals surface area (Å²) >= 11 is 5.52. The Hall–Kier alpha value is -0.620. The number of nitrogens with zero attached hydrogens (tertiary/aromatic N) is 1. The van der Waals surface area contributed by atoms with E-state index in [-0.39, 0.29) is 25.4 Å². The fourth-order valence-corrected chi connectivity index (χ4v) is 3.35. The van der Waals surface area contributed by atoms with Crippen LogP contribution >= 0.6 is 11.6 Å². The number of rotatable bonds is 8. The summed E-state index contributed by atoms with van der Waals surface area (Å²) in [5.74, 6) is 0.334. The van der Waals surface area contributed by atoms with Gasteiger partial charge in [0.15, 0.2) is 0 Å². The van der Waals surface area contributed by atoms with E-state index in [4.69, 9.17) is 16.7 Å². The van der Waals surface area contributed by atoms with E-state index in [2.05, 4.69) is 0 Å². The molecule has 0 radical (unpaired) electrons. The Bertz CT molecular complexity index is 436. The summed E-state index contributed by atoms with van der Waals surface area (Å²) in [6.07, 6.45) is 0.417. The van der Waals surface area contributed by atoms with Crippen LogP contribution < -0.4 is 0 Å². The minimum atomic E-state index is -3.36. The molecule has 1 aromatic rings. The summed E-state index contributed by atoms with van der Waals surface area (Å²) in [7, 11) is -3.36. The monoisotopic (exact) mass is 291 g/mol. The molecule has 0 aliphatic rings. The molecule has 1 rings (SSSR count). The molecule has 0 aliphatic carbocycles. The van der Waals surface area contributed by atoms with Gasteiger partial charge < -0.3 is 5.11 Å². The first-order valence-corrected chi connectivity index (χ1v) is 7.93. The largest absolute Gasteiger partial charge is 0.395 e. The van der Waals surface area contributed by atoms with E-state index in [9.17, 15) is 8.42 Å². The summed E-state index contributed by atoms with van der Waals surface area (Å²) in [5, 5.41) is 8.97. The highest BCUT2D eigenvalue weighted by atomic mass is 35.5. The van der Waals surface area contributed by atoms with Gasteiger partial charge in [0.2, 0.25) is 10.0 Å². The molecule has 0 spiro atoms. The SMILES string of the molecule is O=S(=O)(CCCCl)N(CCO)Cc1ccccc1. The van der Waals surface area contributed by atoms with Gasteiger partial charge in [-0.1, -0.05) is 30.3 Å². The van der Waals surface area contributed by atoms with Crippen LogP contribution in [0.1, 0.15) is 12.0 Å². The van der Waals surface area contributed by atoms with Crippen LogP contribution in [-0.4, -0.2) is 42.6 Å². The van der Waals surface area contributed by atoms with Crippen LogP contribution in [-0.2, 0) is 16.6 Å². The maximum Gasteiger partial charge on any atom is 0.214 e. The predicted octanol–water partition coefficient (Wildman–Crippen LogP) is 1.44. The Labute approximate surface area is 113 Å². The van der Waals surface area contributed by atoms with Gasteiger partial charge >= 0.3 is 0 Å². The lowest BCUT2D eigenvalue weighted by Crippen LogP contribution is -2.35. The molecule has 18 heavy (non-hydrogen) atoms. The van der Waals surface area contributed by atoms with Crippen molar-refractivity contribution < 1.29 is 13.5 Å². The number of alkyl halides is 1. The third kappa shape index (κ3) is 4.94. The second-order valence-electron chi connectivity index (χ2n) is 3.90. The number of halogens is 1. The number of aliphatic hydroxyl groups is 1. The Morgan fingerprint density at radius 1 is 1.22 bits per heavy atom. The third-order valence-corrected chi connectivity index (χ3v) is 4.65.